The molecule has 2 amide bonds. The molecule has 0 spiro atoms. The Bertz CT molecular complexity index is 810. The van der Waals surface area contributed by atoms with Crippen LogP contribution >= 0.6 is 0 Å². The molecule has 5 nitrogen and oxygen atoms in total. The van der Waals surface area contributed by atoms with Crippen molar-refractivity contribution >= 4 is 17.5 Å². The van der Waals surface area contributed by atoms with Crippen LogP contribution in [-0.4, -0.2) is 36.4 Å². The highest BCUT2D eigenvalue weighted by Crippen LogP contribution is 2.22. The Morgan fingerprint density at radius 2 is 1.63 bits per heavy atom. The Morgan fingerprint density at radius 3 is 2.30 bits per heavy atom. The van der Waals surface area contributed by atoms with Crippen LogP contribution < -0.4 is 10.1 Å². The maximum absolute atomic E-state index is 12.4. The van der Waals surface area contributed by atoms with Gasteiger partial charge in [-0.2, -0.15) is 0 Å². The SMILES string of the molecule is C[C@H]1C[C@H](C)CN(C(=O)CCC(=O)Nc2ccc(OCCc3ccccc3)cc2)C1. The number of nitrogens with zero attached hydrogens (tertiary/aromatic N) is 1. The summed E-state index contributed by atoms with van der Waals surface area (Å²) in [4.78, 5) is 26.6. The summed E-state index contributed by atoms with van der Waals surface area (Å²) in [6.45, 7) is 6.56. The molecule has 0 saturated carbocycles. The van der Waals surface area contributed by atoms with Crippen molar-refractivity contribution in [3.05, 3.63) is 60.2 Å². The fourth-order valence-electron chi connectivity index (χ4n) is 4.03. The zero-order chi connectivity index (χ0) is 21.3. The Kier molecular flexibility index (Phi) is 7.89. The van der Waals surface area contributed by atoms with Crippen LogP contribution in [-0.2, 0) is 16.0 Å². The molecule has 1 aliphatic heterocycles. The van der Waals surface area contributed by atoms with E-state index < -0.39 is 0 Å². The molecule has 0 bridgehead atoms. The van der Waals surface area contributed by atoms with Crippen molar-refractivity contribution < 1.29 is 14.3 Å². The molecular formula is C25H32N2O3. The van der Waals surface area contributed by atoms with Crippen molar-refractivity contribution in [2.45, 2.75) is 39.5 Å². The van der Waals surface area contributed by atoms with E-state index in [4.69, 9.17) is 4.74 Å². The van der Waals surface area contributed by atoms with Crippen molar-refractivity contribution in [2.24, 2.45) is 11.8 Å². The molecule has 3 rings (SSSR count). The van der Waals surface area contributed by atoms with Gasteiger partial charge in [-0.1, -0.05) is 44.2 Å². The summed E-state index contributed by atoms with van der Waals surface area (Å²) < 4.78 is 5.77. The number of benzene rings is 2. The molecule has 1 saturated heterocycles. The monoisotopic (exact) mass is 408 g/mol. The third kappa shape index (κ3) is 6.90. The molecule has 0 aliphatic carbocycles. The van der Waals surface area contributed by atoms with E-state index in [1.54, 1.807) is 0 Å². The minimum absolute atomic E-state index is 0.0747. The van der Waals surface area contributed by atoms with Gasteiger partial charge in [-0.3, -0.25) is 9.59 Å². The quantitative estimate of drug-likeness (QED) is 0.698. The van der Waals surface area contributed by atoms with Crippen LogP contribution in [0.15, 0.2) is 54.6 Å². The van der Waals surface area contributed by atoms with Crippen LogP contribution in [0.1, 0.15) is 38.7 Å². The van der Waals surface area contributed by atoms with E-state index in [2.05, 4.69) is 31.3 Å². The van der Waals surface area contributed by atoms with E-state index in [0.717, 1.165) is 31.7 Å². The first-order chi connectivity index (χ1) is 14.5. The summed E-state index contributed by atoms with van der Waals surface area (Å²) in [7, 11) is 0. The van der Waals surface area contributed by atoms with E-state index in [1.165, 1.54) is 5.56 Å². The average molecular weight is 409 g/mol. The number of carbonyl (C=O) groups is 2. The maximum Gasteiger partial charge on any atom is 0.224 e. The van der Waals surface area contributed by atoms with Gasteiger partial charge in [0, 0.05) is 38.0 Å². The molecular weight excluding hydrogens is 376 g/mol. The molecule has 2 aromatic carbocycles. The predicted octanol–water partition coefficient (Wildman–Crippen LogP) is 4.53. The second-order valence-corrected chi connectivity index (χ2v) is 8.40. The lowest BCUT2D eigenvalue weighted by Crippen LogP contribution is -2.42. The van der Waals surface area contributed by atoms with Crippen molar-refractivity contribution in [1.29, 1.82) is 0 Å². The Labute approximate surface area is 179 Å². The topological polar surface area (TPSA) is 58.6 Å². The maximum atomic E-state index is 12.4. The van der Waals surface area contributed by atoms with Gasteiger partial charge in [0.15, 0.2) is 0 Å². The molecule has 2 aromatic rings. The van der Waals surface area contributed by atoms with Gasteiger partial charge in [0.25, 0.3) is 0 Å². The molecule has 160 valence electrons. The molecule has 30 heavy (non-hydrogen) atoms. The number of likely N-dealkylation sites (tertiary alicyclic amines) is 1. The van der Waals surface area contributed by atoms with E-state index in [-0.39, 0.29) is 24.7 Å². The van der Waals surface area contributed by atoms with Gasteiger partial charge in [0.05, 0.1) is 6.61 Å². The molecule has 1 N–H and O–H groups in total. The summed E-state index contributed by atoms with van der Waals surface area (Å²) in [6.07, 6.45) is 2.47. The first-order valence-corrected chi connectivity index (χ1v) is 10.8. The van der Waals surface area contributed by atoms with Crippen LogP contribution in [0.4, 0.5) is 5.69 Å². The number of piperidine rings is 1. The van der Waals surface area contributed by atoms with Gasteiger partial charge in [-0.05, 0) is 48.1 Å². The van der Waals surface area contributed by atoms with Crippen molar-refractivity contribution in [1.82, 2.24) is 4.90 Å². The van der Waals surface area contributed by atoms with Gasteiger partial charge in [-0.15, -0.1) is 0 Å². The normalized spacial score (nSPS) is 18.7. The fraction of sp³-hybridized carbons (Fsp3) is 0.440. The van der Waals surface area contributed by atoms with Gasteiger partial charge in [0.1, 0.15) is 5.75 Å². The van der Waals surface area contributed by atoms with Crippen molar-refractivity contribution in [3.8, 4) is 5.75 Å². The molecule has 0 unspecified atom stereocenters. The first kappa shape index (κ1) is 21.9. The minimum Gasteiger partial charge on any atom is -0.493 e. The number of anilines is 1. The number of hydrogen-bond acceptors (Lipinski definition) is 3. The number of hydrogen-bond donors (Lipinski definition) is 1. The second kappa shape index (κ2) is 10.8. The summed E-state index contributed by atoms with van der Waals surface area (Å²) in [6, 6.07) is 17.6. The van der Waals surface area contributed by atoms with E-state index in [0.29, 0.717) is 24.1 Å². The minimum atomic E-state index is -0.140. The summed E-state index contributed by atoms with van der Waals surface area (Å²) in [5.41, 5.74) is 1.95. The number of rotatable bonds is 8. The van der Waals surface area contributed by atoms with Crippen molar-refractivity contribution in [3.63, 3.8) is 0 Å². The Balaban J connectivity index is 1.38. The number of amides is 2. The van der Waals surface area contributed by atoms with Crippen molar-refractivity contribution in [2.75, 3.05) is 25.0 Å². The van der Waals surface area contributed by atoms with Gasteiger partial charge >= 0.3 is 0 Å². The van der Waals surface area contributed by atoms with Crippen LogP contribution in [0, 0.1) is 11.8 Å². The van der Waals surface area contributed by atoms with Crippen LogP contribution in [0.25, 0.3) is 0 Å². The highest BCUT2D eigenvalue weighted by molar-refractivity contribution is 5.93. The molecule has 0 aromatic heterocycles. The van der Waals surface area contributed by atoms with E-state index in [9.17, 15) is 9.59 Å². The van der Waals surface area contributed by atoms with Crippen LogP contribution in [0.5, 0.6) is 5.75 Å². The van der Waals surface area contributed by atoms with Gasteiger partial charge < -0.3 is 15.0 Å². The Hall–Kier alpha value is -2.82. The highest BCUT2D eigenvalue weighted by atomic mass is 16.5. The van der Waals surface area contributed by atoms with Crippen LogP contribution in [0.2, 0.25) is 0 Å². The lowest BCUT2D eigenvalue weighted by molar-refractivity contribution is -0.135. The summed E-state index contributed by atoms with van der Waals surface area (Å²) in [5, 5.41) is 2.86. The molecule has 1 heterocycles. The van der Waals surface area contributed by atoms with E-state index in [1.807, 2.05) is 47.4 Å². The summed E-state index contributed by atoms with van der Waals surface area (Å²) in [5.74, 6) is 1.76. The molecule has 5 heteroatoms. The average Bonchev–Trinajstić information content (AvgIpc) is 2.73. The third-order valence-corrected chi connectivity index (χ3v) is 5.43. The molecule has 1 fully saturated rings. The van der Waals surface area contributed by atoms with Gasteiger partial charge in [-0.25, -0.2) is 0 Å². The molecule has 0 radical (unpaired) electrons. The Morgan fingerprint density at radius 1 is 0.967 bits per heavy atom. The number of nitrogens with one attached hydrogen (secondary N) is 1. The lowest BCUT2D eigenvalue weighted by atomic mass is 9.91. The zero-order valence-electron chi connectivity index (χ0n) is 18.0. The predicted molar refractivity (Wildman–Crippen MR) is 119 cm³/mol. The standard InChI is InChI=1S/C25H32N2O3/c1-19-16-20(2)18-27(17-19)25(29)13-12-24(28)26-22-8-10-23(11-9-22)30-15-14-21-6-4-3-5-7-21/h3-11,19-20H,12-18H2,1-2H3,(H,26,28)/t19-,20-/m0/s1. The smallest absolute Gasteiger partial charge is 0.224 e. The summed E-state index contributed by atoms with van der Waals surface area (Å²) >= 11 is 0. The third-order valence-electron chi connectivity index (χ3n) is 5.43. The lowest BCUT2D eigenvalue weighted by Gasteiger charge is -2.35. The molecule has 2 atom stereocenters. The fourth-order valence-corrected chi connectivity index (χ4v) is 4.03. The van der Waals surface area contributed by atoms with Gasteiger partial charge in [0.2, 0.25) is 11.8 Å². The van der Waals surface area contributed by atoms with Crippen LogP contribution in [0.3, 0.4) is 0 Å². The zero-order valence-corrected chi connectivity index (χ0v) is 18.0. The van der Waals surface area contributed by atoms with E-state index >= 15 is 0 Å². The number of ether oxygens (including phenoxy) is 1. The largest absolute Gasteiger partial charge is 0.493 e. The highest BCUT2D eigenvalue weighted by Gasteiger charge is 2.25. The molecule has 1 aliphatic rings. The first-order valence-electron chi connectivity index (χ1n) is 10.8. The second-order valence-electron chi connectivity index (χ2n) is 8.40. The number of carbonyl (C=O) groups excluding carboxylic acids is 2.